The molecule has 0 atom stereocenters. The maximum absolute atomic E-state index is 12.6. The Kier molecular flexibility index (Phi) is 15.1. The average molecular weight is 496 g/mol. The van der Waals surface area contributed by atoms with Gasteiger partial charge in [0, 0.05) is 11.3 Å². The summed E-state index contributed by atoms with van der Waals surface area (Å²) in [5.74, 6) is 0.251. The number of hydrogen-bond acceptors (Lipinski definition) is 4. The van der Waals surface area contributed by atoms with Gasteiger partial charge in [-0.25, -0.2) is 4.79 Å². The fraction of sp³-hybridized carbons (Fsp3) is 0.548. The van der Waals surface area contributed by atoms with Gasteiger partial charge in [-0.1, -0.05) is 84.5 Å². The van der Waals surface area contributed by atoms with Gasteiger partial charge in [0.2, 0.25) is 0 Å². The SMILES string of the molecule is CCCCCCCCCOC(=O)c1ccc(NC(=O)c2ccc(OCCCCCCCC)cc2)cc1. The number of carbonyl (C=O) groups is 2. The summed E-state index contributed by atoms with van der Waals surface area (Å²) in [7, 11) is 0. The van der Waals surface area contributed by atoms with E-state index in [-0.39, 0.29) is 11.9 Å². The van der Waals surface area contributed by atoms with Crippen LogP contribution in [0.4, 0.5) is 5.69 Å². The number of rotatable bonds is 19. The molecule has 0 unspecified atom stereocenters. The number of benzene rings is 2. The minimum absolute atomic E-state index is 0.202. The van der Waals surface area contributed by atoms with E-state index >= 15 is 0 Å². The van der Waals surface area contributed by atoms with Gasteiger partial charge in [0.25, 0.3) is 5.91 Å². The molecule has 0 aliphatic carbocycles. The molecule has 0 aliphatic heterocycles. The number of carbonyl (C=O) groups excluding carboxylic acids is 2. The Morgan fingerprint density at radius 3 is 1.69 bits per heavy atom. The fourth-order valence-electron chi connectivity index (χ4n) is 3.98. The third kappa shape index (κ3) is 12.2. The van der Waals surface area contributed by atoms with Crippen molar-refractivity contribution in [2.24, 2.45) is 0 Å². The van der Waals surface area contributed by atoms with Crippen LogP contribution in [-0.2, 0) is 4.74 Å². The molecule has 36 heavy (non-hydrogen) atoms. The smallest absolute Gasteiger partial charge is 0.338 e. The van der Waals surface area contributed by atoms with Crippen molar-refractivity contribution in [3.8, 4) is 5.75 Å². The summed E-state index contributed by atoms with van der Waals surface area (Å²) in [5.41, 5.74) is 1.68. The van der Waals surface area contributed by atoms with Crippen molar-refractivity contribution in [3.63, 3.8) is 0 Å². The molecule has 5 heteroatoms. The monoisotopic (exact) mass is 495 g/mol. The fourth-order valence-corrected chi connectivity index (χ4v) is 3.98. The summed E-state index contributed by atoms with van der Waals surface area (Å²) < 4.78 is 11.2. The van der Waals surface area contributed by atoms with E-state index in [1.165, 1.54) is 64.2 Å². The van der Waals surface area contributed by atoms with Gasteiger partial charge in [-0.05, 0) is 61.4 Å². The second kappa shape index (κ2) is 18.4. The van der Waals surface area contributed by atoms with Crippen LogP contribution in [0, 0.1) is 0 Å². The van der Waals surface area contributed by atoms with E-state index in [1.807, 2.05) is 12.1 Å². The molecule has 0 aliphatic rings. The number of esters is 1. The van der Waals surface area contributed by atoms with Crippen LogP contribution in [0.5, 0.6) is 5.75 Å². The molecule has 0 fully saturated rings. The molecular weight excluding hydrogens is 450 g/mol. The third-order valence-corrected chi connectivity index (χ3v) is 6.24. The molecule has 0 saturated carbocycles. The maximum atomic E-state index is 12.6. The van der Waals surface area contributed by atoms with Crippen molar-refractivity contribution in [2.45, 2.75) is 97.3 Å². The summed E-state index contributed by atoms with van der Waals surface area (Å²) in [6, 6.07) is 14.0. The number of hydrogen-bond donors (Lipinski definition) is 1. The van der Waals surface area contributed by atoms with Gasteiger partial charge in [-0.2, -0.15) is 0 Å². The van der Waals surface area contributed by atoms with Crippen LogP contribution < -0.4 is 10.1 Å². The first-order chi connectivity index (χ1) is 17.6. The van der Waals surface area contributed by atoms with Crippen LogP contribution in [0.25, 0.3) is 0 Å². The predicted octanol–water partition coefficient (Wildman–Crippen LogP) is 8.59. The quantitative estimate of drug-likeness (QED) is 0.156. The van der Waals surface area contributed by atoms with Gasteiger partial charge in [-0.3, -0.25) is 4.79 Å². The molecule has 1 N–H and O–H groups in total. The number of unbranched alkanes of at least 4 members (excludes halogenated alkanes) is 11. The highest BCUT2D eigenvalue weighted by molar-refractivity contribution is 6.04. The van der Waals surface area contributed by atoms with Gasteiger partial charge in [0.1, 0.15) is 5.75 Å². The van der Waals surface area contributed by atoms with Crippen molar-refractivity contribution in [1.29, 1.82) is 0 Å². The maximum Gasteiger partial charge on any atom is 0.338 e. The Morgan fingerprint density at radius 1 is 0.611 bits per heavy atom. The van der Waals surface area contributed by atoms with Gasteiger partial charge in [0.05, 0.1) is 18.8 Å². The molecule has 5 nitrogen and oxygen atoms in total. The zero-order valence-electron chi connectivity index (χ0n) is 22.4. The van der Waals surface area contributed by atoms with E-state index in [1.54, 1.807) is 36.4 Å². The van der Waals surface area contributed by atoms with Crippen LogP contribution in [0.3, 0.4) is 0 Å². The Balaban J connectivity index is 1.66. The number of ether oxygens (including phenoxy) is 2. The van der Waals surface area contributed by atoms with E-state index in [9.17, 15) is 9.59 Å². The van der Waals surface area contributed by atoms with Crippen LogP contribution in [-0.4, -0.2) is 25.1 Å². The molecular formula is C31H45NO4. The summed E-state index contributed by atoms with van der Waals surface area (Å²) in [6.45, 7) is 5.58. The lowest BCUT2D eigenvalue weighted by molar-refractivity contribution is 0.0497. The summed E-state index contributed by atoms with van der Waals surface area (Å²) >= 11 is 0. The molecule has 0 saturated heterocycles. The lowest BCUT2D eigenvalue weighted by Crippen LogP contribution is -2.12. The van der Waals surface area contributed by atoms with E-state index in [2.05, 4.69) is 19.2 Å². The first-order valence-corrected chi connectivity index (χ1v) is 14.0. The minimum atomic E-state index is -0.324. The van der Waals surface area contributed by atoms with Crippen LogP contribution in [0.1, 0.15) is 118 Å². The van der Waals surface area contributed by atoms with Gasteiger partial charge < -0.3 is 14.8 Å². The Bertz CT molecular complexity index is 861. The molecule has 2 rings (SSSR count). The first kappa shape index (κ1) is 29.4. The average Bonchev–Trinajstić information content (AvgIpc) is 2.90. The number of nitrogens with one attached hydrogen (secondary N) is 1. The standard InChI is InChI=1S/C31H45NO4/c1-3-5-7-9-11-13-15-25-36-31(34)27-16-20-28(21-17-27)32-30(33)26-18-22-29(23-19-26)35-24-14-12-10-8-6-4-2/h16-23H,3-15,24-25H2,1-2H3,(H,32,33). The number of amides is 1. The molecule has 0 heterocycles. The van der Waals surface area contributed by atoms with Crippen LogP contribution in [0.15, 0.2) is 48.5 Å². The number of anilines is 1. The van der Waals surface area contributed by atoms with Gasteiger partial charge in [0.15, 0.2) is 0 Å². The molecule has 0 spiro atoms. The van der Waals surface area contributed by atoms with Crippen molar-refractivity contribution < 1.29 is 19.1 Å². The van der Waals surface area contributed by atoms with Crippen molar-refractivity contribution in [3.05, 3.63) is 59.7 Å². The minimum Gasteiger partial charge on any atom is -0.494 e. The predicted molar refractivity (Wildman–Crippen MR) is 148 cm³/mol. The Morgan fingerprint density at radius 2 is 1.11 bits per heavy atom. The normalized spacial score (nSPS) is 10.7. The highest BCUT2D eigenvalue weighted by Crippen LogP contribution is 2.16. The largest absolute Gasteiger partial charge is 0.494 e. The summed E-state index contributed by atoms with van der Waals surface area (Å²) in [4.78, 5) is 24.8. The van der Waals surface area contributed by atoms with E-state index in [0.717, 1.165) is 25.0 Å². The second-order valence-corrected chi connectivity index (χ2v) is 9.43. The third-order valence-electron chi connectivity index (χ3n) is 6.24. The van der Waals surface area contributed by atoms with Crippen molar-refractivity contribution in [1.82, 2.24) is 0 Å². The Hall–Kier alpha value is -2.82. The van der Waals surface area contributed by atoms with Crippen LogP contribution in [0.2, 0.25) is 0 Å². The highest BCUT2D eigenvalue weighted by Gasteiger charge is 2.09. The second-order valence-electron chi connectivity index (χ2n) is 9.43. The molecule has 0 radical (unpaired) electrons. The molecule has 2 aromatic rings. The summed E-state index contributed by atoms with van der Waals surface area (Å²) in [5, 5.41) is 2.87. The van der Waals surface area contributed by atoms with E-state index in [4.69, 9.17) is 9.47 Å². The van der Waals surface area contributed by atoms with Crippen molar-refractivity contribution in [2.75, 3.05) is 18.5 Å². The zero-order valence-corrected chi connectivity index (χ0v) is 22.4. The molecule has 1 amide bonds. The van der Waals surface area contributed by atoms with Gasteiger partial charge in [-0.15, -0.1) is 0 Å². The highest BCUT2D eigenvalue weighted by atomic mass is 16.5. The molecule has 198 valence electrons. The Labute approximate surface area is 218 Å². The van der Waals surface area contributed by atoms with E-state index < -0.39 is 0 Å². The van der Waals surface area contributed by atoms with Crippen molar-refractivity contribution >= 4 is 17.6 Å². The molecule has 0 aromatic heterocycles. The zero-order chi connectivity index (χ0) is 25.8. The van der Waals surface area contributed by atoms with Crippen LogP contribution >= 0.6 is 0 Å². The topological polar surface area (TPSA) is 64.6 Å². The lowest BCUT2D eigenvalue weighted by atomic mass is 10.1. The van der Waals surface area contributed by atoms with Gasteiger partial charge >= 0.3 is 5.97 Å². The summed E-state index contributed by atoms with van der Waals surface area (Å²) in [6.07, 6.45) is 15.6. The first-order valence-electron chi connectivity index (χ1n) is 14.0. The van der Waals surface area contributed by atoms with E-state index in [0.29, 0.717) is 30.0 Å². The molecule has 2 aromatic carbocycles. The molecule has 0 bridgehead atoms. The lowest BCUT2D eigenvalue weighted by Gasteiger charge is -2.09.